The monoisotopic (exact) mass is 274 g/mol. The summed E-state index contributed by atoms with van der Waals surface area (Å²) in [7, 11) is 1.58. The number of aliphatic hydroxyl groups excluding tert-OH is 1. The zero-order valence-electron chi connectivity index (χ0n) is 9.08. The van der Waals surface area contributed by atoms with Gasteiger partial charge >= 0.3 is 0 Å². The van der Waals surface area contributed by atoms with Gasteiger partial charge in [0.15, 0.2) is 11.5 Å². The van der Waals surface area contributed by atoms with E-state index in [1.54, 1.807) is 20.1 Å². The van der Waals surface area contributed by atoms with E-state index in [1.807, 2.05) is 13.0 Å². The van der Waals surface area contributed by atoms with E-state index < -0.39 is 6.10 Å². The van der Waals surface area contributed by atoms with Crippen LogP contribution in [-0.2, 0) is 0 Å². The molecule has 0 saturated heterocycles. The number of hydrogen-bond donors (Lipinski definition) is 1. The van der Waals surface area contributed by atoms with Crippen molar-refractivity contribution in [2.24, 2.45) is 0 Å². The molecule has 1 unspecified atom stereocenters. The van der Waals surface area contributed by atoms with Crippen LogP contribution in [-0.4, -0.2) is 18.8 Å². The Morgan fingerprint density at radius 3 is 2.60 bits per heavy atom. The van der Waals surface area contributed by atoms with Crippen molar-refractivity contribution >= 4 is 15.9 Å². The van der Waals surface area contributed by atoms with Crippen LogP contribution in [0.3, 0.4) is 0 Å². The maximum Gasteiger partial charge on any atom is 0.168 e. The summed E-state index contributed by atoms with van der Waals surface area (Å²) in [4.78, 5) is 0. The van der Waals surface area contributed by atoms with Gasteiger partial charge in [-0.3, -0.25) is 0 Å². The molecule has 1 N–H and O–H groups in total. The van der Waals surface area contributed by atoms with Gasteiger partial charge in [0.05, 0.1) is 19.8 Å². The van der Waals surface area contributed by atoms with E-state index in [0.717, 1.165) is 10.0 Å². The highest BCUT2D eigenvalue weighted by atomic mass is 79.9. The molecule has 1 aromatic rings. The van der Waals surface area contributed by atoms with E-state index in [1.165, 1.54) is 0 Å². The summed E-state index contributed by atoms with van der Waals surface area (Å²) in [6, 6.07) is 3.64. The van der Waals surface area contributed by atoms with E-state index in [2.05, 4.69) is 15.9 Å². The molecule has 1 rings (SSSR count). The molecule has 0 fully saturated rings. The Labute approximate surface area is 98.1 Å². The van der Waals surface area contributed by atoms with Gasteiger partial charge < -0.3 is 14.6 Å². The predicted molar refractivity (Wildman–Crippen MR) is 62.5 cm³/mol. The lowest BCUT2D eigenvalue weighted by molar-refractivity contribution is 0.189. The van der Waals surface area contributed by atoms with E-state index in [9.17, 15) is 5.11 Å². The van der Waals surface area contributed by atoms with Crippen molar-refractivity contribution in [1.82, 2.24) is 0 Å². The SMILES string of the molecule is CCOc1c(OC)ccc(Br)c1C(C)O. The highest BCUT2D eigenvalue weighted by Crippen LogP contribution is 2.39. The van der Waals surface area contributed by atoms with Crippen LogP contribution in [0, 0.1) is 0 Å². The molecular formula is C11H15BrO3. The van der Waals surface area contributed by atoms with Gasteiger partial charge in [0, 0.05) is 10.0 Å². The Morgan fingerprint density at radius 2 is 2.13 bits per heavy atom. The van der Waals surface area contributed by atoms with Crippen molar-refractivity contribution in [3.63, 3.8) is 0 Å². The number of aliphatic hydroxyl groups is 1. The van der Waals surface area contributed by atoms with E-state index in [4.69, 9.17) is 9.47 Å². The van der Waals surface area contributed by atoms with Gasteiger partial charge in [-0.2, -0.15) is 0 Å². The number of hydrogen-bond acceptors (Lipinski definition) is 3. The number of methoxy groups -OCH3 is 1. The summed E-state index contributed by atoms with van der Waals surface area (Å²) in [5.74, 6) is 1.24. The second-order valence-corrected chi connectivity index (χ2v) is 3.96. The molecule has 0 bridgehead atoms. The Morgan fingerprint density at radius 1 is 1.47 bits per heavy atom. The molecule has 1 aromatic carbocycles. The molecule has 1 atom stereocenters. The normalized spacial score (nSPS) is 12.3. The van der Waals surface area contributed by atoms with Gasteiger partial charge in [-0.05, 0) is 26.0 Å². The first-order valence-corrected chi connectivity index (χ1v) is 5.58. The molecule has 0 aromatic heterocycles. The fourth-order valence-electron chi connectivity index (χ4n) is 1.40. The van der Waals surface area contributed by atoms with Crippen LogP contribution >= 0.6 is 15.9 Å². The molecular weight excluding hydrogens is 260 g/mol. The number of benzene rings is 1. The fraction of sp³-hybridized carbons (Fsp3) is 0.455. The van der Waals surface area contributed by atoms with Crippen LogP contribution in [0.2, 0.25) is 0 Å². The maximum atomic E-state index is 9.67. The Balaban J connectivity index is 3.30. The van der Waals surface area contributed by atoms with Crippen molar-refractivity contribution in [2.75, 3.05) is 13.7 Å². The molecule has 4 heteroatoms. The average molecular weight is 275 g/mol. The standard InChI is InChI=1S/C11H15BrO3/c1-4-15-11-9(14-3)6-5-8(12)10(11)7(2)13/h5-7,13H,4H2,1-3H3. The van der Waals surface area contributed by atoms with Crippen molar-refractivity contribution in [3.05, 3.63) is 22.2 Å². The van der Waals surface area contributed by atoms with Crippen LogP contribution in [0.1, 0.15) is 25.5 Å². The molecule has 0 saturated carbocycles. The molecule has 0 radical (unpaired) electrons. The molecule has 0 heterocycles. The lowest BCUT2D eigenvalue weighted by atomic mass is 10.1. The first-order chi connectivity index (χ1) is 7.11. The largest absolute Gasteiger partial charge is 0.493 e. The van der Waals surface area contributed by atoms with Crippen LogP contribution in [0.5, 0.6) is 11.5 Å². The Bertz CT molecular complexity index is 337. The van der Waals surface area contributed by atoms with Crippen molar-refractivity contribution in [3.8, 4) is 11.5 Å². The molecule has 15 heavy (non-hydrogen) atoms. The minimum absolute atomic E-state index is 0.534. The van der Waals surface area contributed by atoms with Crippen LogP contribution in [0.15, 0.2) is 16.6 Å². The first kappa shape index (κ1) is 12.3. The van der Waals surface area contributed by atoms with E-state index >= 15 is 0 Å². The van der Waals surface area contributed by atoms with E-state index in [-0.39, 0.29) is 0 Å². The number of rotatable bonds is 4. The predicted octanol–water partition coefficient (Wildman–Crippen LogP) is 2.91. The summed E-state index contributed by atoms with van der Waals surface area (Å²) in [5, 5.41) is 9.67. The highest BCUT2D eigenvalue weighted by Gasteiger charge is 2.17. The zero-order valence-corrected chi connectivity index (χ0v) is 10.7. The fourth-order valence-corrected chi connectivity index (χ4v) is 2.04. The van der Waals surface area contributed by atoms with Crippen LogP contribution in [0.4, 0.5) is 0 Å². The van der Waals surface area contributed by atoms with Gasteiger partial charge in [0.1, 0.15) is 0 Å². The third-order valence-electron chi connectivity index (χ3n) is 2.03. The Kier molecular flexibility index (Phi) is 4.42. The second-order valence-electron chi connectivity index (χ2n) is 3.10. The topological polar surface area (TPSA) is 38.7 Å². The maximum absolute atomic E-state index is 9.67. The minimum atomic E-state index is -0.601. The summed E-state index contributed by atoms with van der Waals surface area (Å²) in [5.41, 5.74) is 0.719. The first-order valence-electron chi connectivity index (χ1n) is 4.79. The number of halogens is 1. The molecule has 84 valence electrons. The van der Waals surface area contributed by atoms with Crippen LogP contribution < -0.4 is 9.47 Å². The summed E-state index contributed by atoms with van der Waals surface area (Å²) < 4.78 is 11.5. The summed E-state index contributed by atoms with van der Waals surface area (Å²) in [6.07, 6.45) is -0.601. The molecule has 0 aliphatic carbocycles. The molecule has 0 amide bonds. The van der Waals surface area contributed by atoms with Gasteiger partial charge in [-0.15, -0.1) is 0 Å². The van der Waals surface area contributed by atoms with Crippen molar-refractivity contribution in [1.29, 1.82) is 0 Å². The lowest BCUT2D eigenvalue weighted by Gasteiger charge is -2.17. The third-order valence-corrected chi connectivity index (χ3v) is 2.72. The Hall–Kier alpha value is -0.740. The van der Waals surface area contributed by atoms with E-state index in [0.29, 0.717) is 18.1 Å². The average Bonchev–Trinajstić information content (AvgIpc) is 2.18. The van der Waals surface area contributed by atoms with Crippen molar-refractivity contribution < 1.29 is 14.6 Å². The van der Waals surface area contributed by atoms with Gasteiger partial charge in [-0.1, -0.05) is 15.9 Å². The minimum Gasteiger partial charge on any atom is -0.493 e. The van der Waals surface area contributed by atoms with Gasteiger partial charge in [0.25, 0.3) is 0 Å². The smallest absolute Gasteiger partial charge is 0.168 e. The third kappa shape index (κ3) is 2.63. The van der Waals surface area contributed by atoms with Gasteiger partial charge in [-0.25, -0.2) is 0 Å². The molecule has 0 aliphatic rings. The van der Waals surface area contributed by atoms with Gasteiger partial charge in [0.2, 0.25) is 0 Å². The second kappa shape index (κ2) is 5.37. The molecule has 0 aliphatic heterocycles. The molecule has 3 nitrogen and oxygen atoms in total. The quantitative estimate of drug-likeness (QED) is 0.918. The molecule has 0 spiro atoms. The summed E-state index contributed by atoms with van der Waals surface area (Å²) >= 11 is 3.39. The highest BCUT2D eigenvalue weighted by molar-refractivity contribution is 9.10. The van der Waals surface area contributed by atoms with Crippen LogP contribution in [0.25, 0.3) is 0 Å². The lowest BCUT2D eigenvalue weighted by Crippen LogP contribution is -2.03. The summed E-state index contributed by atoms with van der Waals surface area (Å²) in [6.45, 7) is 4.13. The number of ether oxygens (including phenoxy) is 2. The zero-order chi connectivity index (χ0) is 11.4. The van der Waals surface area contributed by atoms with Crippen molar-refractivity contribution in [2.45, 2.75) is 20.0 Å².